The summed E-state index contributed by atoms with van der Waals surface area (Å²) in [6.07, 6.45) is 0. The molecule has 0 aliphatic rings. The fourth-order valence-electron chi connectivity index (χ4n) is 1.82. The quantitative estimate of drug-likeness (QED) is 0.577. The second-order valence-corrected chi connectivity index (χ2v) is 6.11. The Morgan fingerprint density at radius 2 is 1.84 bits per heavy atom. The van der Waals surface area contributed by atoms with Crippen molar-refractivity contribution in [2.75, 3.05) is 0 Å². The molecule has 0 bridgehead atoms. The summed E-state index contributed by atoms with van der Waals surface area (Å²) >= 11 is 13.0. The van der Waals surface area contributed by atoms with Crippen LogP contribution < -0.4 is 11.3 Å². The van der Waals surface area contributed by atoms with E-state index in [0.717, 1.165) is 14.5 Å². The molecule has 0 amide bonds. The minimum Gasteiger partial charge on any atom is -0.271 e. The number of nitrogens with two attached hydrogens (primary N) is 1. The first-order valence-corrected chi connectivity index (χ1v) is 7.35. The molecule has 3 N–H and O–H groups in total. The highest BCUT2D eigenvalue weighted by molar-refractivity contribution is 9.11. The molecule has 19 heavy (non-hydrogen) atoms. The fourth-order valence-corrected chi connectivity index (χ4v) is 3.32. The predicted octanol–water partition coefficient (Wildman–Crippen LogP) is 4.56. The largest absolute Gasteiger partial charge is 0.271 e. The average molecular weight is 408 g/mol. The monoisotopic (exact) mass is 406 g/mol. The average Bonchev–Trinajstić information content (AvgIpc) is 2.36. The summed E-state index contributed by atoms with van der Waals surface area (Å²) in [6, 6.07) is 9.48. The van der Waals surface area contributed by atoms with Gasteiger partial charge < -0.3 is 0 Å². The van der Waals surface area contributed by atoms with Crippen LogP contribution in [-0.2, 0) is 0 Å². The third-order valence-corrected chi connectivity index (χ3v) is 4.23. The van der Waals surface area contributed by atoms with Crippen molar-refractivity contribution in [2.24, 2.45) is 5.84 Å². The van der Waals surface area contributed by atoms with E-state index in [9.17, 15) is 4.39 Å². The summed E-state index contributed by atoms with van der Waals surface area (Å²) in [5.74, 6) is 5.25. The summed E-state index contributed by atoms with van der Waals surface area (Å²) in [5.41, 5.74) is 4.13. The molecule has 0 heterocycles. The Kier molecular flexibility index (Phi) is 4.97. The molecule has 0 fully saturated rings. The zero-order valence-corrected chi connectivity index (χ0v) is 13.6. The van der Waals surface area contributed by atoms with Crippen LogP contribution in [0.4, 0.5) is 4.39 Å². The molecule has 2 nitrogen and oxygen atoms in total. The molecule has 0 aliphatic carbocycles. The van der Waals surface area contributed by atoms with Gasteiger partial charge in [0.05, 0.1) is 6.04 Å². The van der Waals surface area contributed by atoms with Gasteiger partial charge >= 0.3 is 0 Å². The van der Waals surface area contributed by atoms with Crippen LogP contribution in [0.15, 0.2) is 45.3 Å². The van der Waals surface area contributed by atoms with Crippen LogP contribution in [0.3, 0.4) is 0 Å². The van der Waals surface area contributed by atoms with Crippen LogP contribution in [-0.4, -0.2) is 0 Å². The van der Waals surface area contributed by atoms with E-state index in [-0.39, 0.29) is 5.82 Å². The molecule has 0 radical (unpaired) electrons. The standard InChI is InChI=1S/C13H10Br2ClFN2/c14-7-1-3-9(11(15)5-7)13(19-18)10-6-8(17)2-4-12(10)16/h1-6,13,19H,18H2. The van der Waals surface area contributed by atoms with Gasteiger partial charge in [-0.05, 0) is 41.5 Å². The van der Waals surface area contributed by atoms with Crippen LogP contribution in [0.25, 0.3) is 0 Å². The Morgan fingerprint density at radius 1 is 1.11 bits per heavy atom. The van der Waals surface area contributed by atoms with Gasteiger partial charge in [0.2, 0.25) is 0 Å². The maximum atomic E-state index is 13.4. The number of nitrogens with one attached hydrogen (secondary N) is 1. The van der Waals surface area contributed by atoms with Crippen molar-refractivity contribution in [1.82, 2.24) is 5.43 Å². The second-order valence-electron chi connectivity index (χ2n) is 3.93. The van der Waals surface area contributed by atoms with Gasteiger partial charge in [0, 0.05) is 14.0 Å². The maximum absolute atomic E-state index is 13.4. The van der Waals surface area contributed by atoms with Gasteiger partial charge in [-0.15, -0.1) is 0 Å². The number of rotatable bonds is 3. The Balaban J connectivity index is 2.52. The molecule has 0 saturated heterocycles. The first-order valence-electron chi connectivity index (χ1n) is 5.39. The zero-order chi connectivity index (χ0) is 14.0. The van der Waals surface area contributed by atoms with Gasteiger partial charge in [0.1, 0.15) is 5.82 Å². The van der Waals surface area contributed by atoms with Crippen molar-refractivity contribution in [1.29, 1.82) is 0 Å². The third-order valence-electron chi connectivity index (χ3n) is 2.71. The minimum absolute atomic E-state index is 0.354. The number of hydrogen-bond donors (Lipinski definition) is 2. The van der Waals surface area contributed by atoms with E-state index in [1.54, 1.807) is 0 Å². The summed E-state index contributed by atoms with van der Waals surface area (Å²) < 4.78 is 15.2. The molecule has 0 spiro atoms. The van der Waals surface area contributed by atoms with E-state index < -0.39 is 6.04 Å². The Morgan fingerprint density at radius 3 is 2.47 bits per heavy atom. The lowest BCUT2D eigenvalue weighted by Crippen LogP contribution is -2.29. The molecule has 0 aliphatic heterocycles. The summed E-state index contributed by atoms with van der Waals surface area (Å²) in [4.78, 5) is 0. The van der Waals surface area contributed by atoms with Crippen LogP contribution >= 0.6 is 43.5 Å². The molecular weight excluding hydrogens is 398 g/mol. The maximum Gasteiger partial charge on any atom is 0.123 e. The van der Waals surface area contributed by atoms with Crippen molar-refractivity contribution >= 4 is 43.5 Å². The molecule has 2 aromatic rings. The highest BCUT2D eigenvalue weighted by Gasteiger charge is 2.18. The topological polar surface area (TPSA) is 38.0 Å². The van der Waals surface area contributed by atoms with E-state index in [0.29, 0.717) is 10.6 Å². The van der Waals surface area contributed by atoms with E-state index in [1.807, 2.05) is 18.2 Å². The molecule has 0 aromatic heterocycles. The minimum atomic E-state index is -0.398. The molecule has 1 unspecified atom stereocenters. The number of halogens is 4. The normalized spacial score (nSPS) is 12.5. The predicted molar refractivity (Wildman–Crippen MR) is 82.4 cm³/mol. The Hall–Kier alpha value is -0.460. The van der Waals surface area contributed by atoms with Crippen LogP contribution in [0.1, 0.15) is 17.2 Å². The first-order chi connectivity index (χ1) is 9.02. The molecular formula is C13H10Br2ClFN2. The lowest BCUT2D eigenvalue weighted by atomic mass is 9.99. The lowest BCUT2D eigenvalue weighted by molar-refractivity contribution is 0.604. The van der Waals surface area contributed by atoms with Gasteiger partial charge in [0.25, 0.3) is 0 Å². The van der Waals surface area contributed by atoms with E-state index in [2.05, 4.69) is 37.3 Å². The first kappa shape index (κ1) is 14.9. The van der Waals surface area contributed by atoms with Gasteiger partial charge in [0.15, 0.2) is 0 Å². The fraction of sp³-hybridized carbons (Fsp3) is 0.0769. The smallest absolute Gasteiger partial charge is 0.123 e. The van der Waals surface area contributed by atoms with Gasteiger partial charge in [-0.3, -0.25) is 5.84 Å². The van der Waals surface area contributed by atoms with Gasteiger partial charge in [-0.25, -0.2) is 9.82 Å². The van der Waals surface area contributed by atoms with Gasteiger partial charge in [-0.2, -0.15) is 0 Å². The van der Waals surface area contributed by atoms with Crippen molar-refractivity contribution in [2.45, 2.75) is 6.04 Å². The van der Waals surface area contributed by atoms with Crippen molar-refractivity contribution in [3.63, 3.8) is 0 Å². The number of hydrazine groups is 1. The Bertz CT molecular complexity index is 607. The van der Waals surface area contributed by atoms with Gasteiger partial charge in [-0.1, -0.05) is 49.5 Å². The van der Waals surface area contributed by atoms with Crippen molar-refractivity contribution in [3.05, 3.63) is 67.3 Å². The molecule has 0 saturated carbocycles. The summed E-state index contributed by atoms with van der Waals surface area (Å²) in [5, 5.41) is 0.458. The molecule has 2 aromatic carbocycles. The lowest BCUT2D eigenvalue weighted by Gasteiger charge is -2.20. The Labute approximate surface area is 132 Å². The van der Waals surface area contributed by atoms with Crippen LogP contribution in [0.2, 0.25) is 5.02 Å². The van der Waals surface area contributed by atoms with E-state index in [4.69, 9.17) is 17.4 Å². The van der Waals surface area contributed by atoms with Crippen LogP contribution in [0.5, 0.6) is 0 Å². The SMILES string of the molecule is NNC(c1cc(F)ccc1Cl)c1ccc(Br)cc1Br. The number of hydrogen-bond acceptors (Lipinski definition) is 2. The van der Waals surface area contributed by atoms with Crippen molar-refractivity contribution in [3.8, 4) is 0 Å². The van der Waals surface area contributed by atoms with E-state index >= 15 is 0 Å². The van der Waals surface area contributed by atoms with Crippen LogP contribution in [0, 0.1) is 5.82 Å². The zero-order valence-electron chi connectivity index (χ0n) is 9.63. The molecule has 2 rings (SSSR count). The number of benzene rings is 2. The van der Waals surface area contributed by atoms with Crippen molar-refractivity contribution < 1.29 is 4.39 Å². The molecule has 100 valence electrons. The second kappa shape index (κ2) is 6.33. The summed E-state index contributed by atoms with van der Waals surface area (Å²) in [7, 11) is 0. The van der Waals surface area contributed by atoms with E-state index in [1.165, 1.54) is 18.2 Å². The molecule has 1 atom stereocenters. The molecule has 6 heteroatoms. The third kappa shape index (κ3) is 3.35. The highest BCUT2D eigenvalue weighted by atomic mass is 79.9. The highest BCUT2D eigenvalue weighted by Crippen LogP contribution is 2.33. The summed E-state index contributed by atoms with van der Waals surface area (Å²) in [6.45, 7) is 0.